The van der Waals surface area contributed by atoms with Gasteiger partial charge in [-0.15, -0.1) is 11.8 Å². The van der Waals surface area contributed by atoms with Crippen molar-refractivity contribution < 1.29 is 9.53 Å². The fourth-order valence-electron chi connectivity index (χ4n) is 2.25. The molecule has 0 radical (unpaired) electrons. The van der Waals surface area contributed by atoms with Crippen LogP contribution in [0.5, 0.6) is 5.75 Å². The second kappa shape index (κ2) is 11.9. The predicted molar refractivity (Wildman–Crippen MR) is 111 cm³/mol. The van der Waals surface area contributed by atoms with Crippen LogP contribution in [0.2, 0.25) is 0 Å². The molecule has 0 aromatic heterocycles. The summed E-state index contributed by atoms with van der Waals surface area (Å²) in [7, 11) is 3.32. The van der Waals surface area contributed by atoms with Gasteiger partial charge in [-0.1, -0.05) is 30.3 Å². The first-order chi connectivity index (χ1) is 13.2. The molecule has 2 aromatic carbocycles. The molecule has 0 bridgehead atoms. The fraction of sp³-hybridized carbons (Fsp3) is 0.300. The van der Waals surface area contributed by atoms with Crippen LogP contribution >= 0.6 is 11.8 Å². The molecule has 1 amide bonds. The number of amides is 1. The molecule has 0 heterocycles. The van der Waals surface area contributed by atoms with Gasteiger partial charge in [-0.3, -0.25) is 9.79 Å². The Morgan fingerprint density at radius 3 is 2.44 bits per heavy atom. The van der Waals surface area contributed by atoms with Crippen LogP contribution in [0.4, 0.5) is 0 Å². The average molecular weight is 387 g/mol. The maximum atomic E-state index is 12.0. The highest BCUT2D eigenvalue weighted by molar-refractivity contribution is 7.99. The highest BCUT2D eigenvalue weighted by Crippen LogP contribution is 2.15. The van der Waals surface area contributed by atoms with Crippen molar-refractivity contribution in [1.82, 2.24) is 16.0 Å². The van der Waals surface area contributed by atoms with Crippen molar-refractivity contribution in [1.29, 1.82) is 0 Å². The quantitative estimate of drug-likeness (QED) is 0.267. The number of hydrogen-bond donors (Lipinski definition) is 3. The van der Waals surface area contributed by atoms with Crippen molar-refractivity contribution in [3.05, 3.63) is 60.2 Å². The van der Waals surface area contributed by atoms with Crippen molar-refractivity contribution in [2.75, 3.05) is 33.0 Å². The van der Waals surface area contributed by atoms with E-state index in [1.54, 1.807) is 25.9 Å². The molecule has 0 saturated carbocycles. The summed E-state index contributed by atoms with van der Waals surface area (Å²) >= 11 is 1.77. The largest absolute Gasteiger partial charge is 0.497 e. The van der Waals surface area contributed by atoms with Crippen LogP contribution in [0.1, 0.15) is 5.56 Å². The van der Waals surface area contributed by atoms with Crippen LogP contribution in [0.15, 0.2) is 64.5 Å². The van der Waals surface area contributed by atoms with Crippen LogP contribution in [0.3, 0.4) is 0 Å². The maximum Gasteiger partial charge on any atom is 0.239 e. The minimum atomic E-state index is -0.0903. The molecule has 0 aliphatic heterocycles. The lowest BCUT2D eigenvalue weighted by Gasteiger charge is -2.12. The van der Waals surface area contributed by atoms with E-state index in [1.165, 1.54) is 4.90 Å². The van der Waals surface area contributed by atoms with Crippen molar-refractivity contribution in [3.8, 4) is 5.75 Å². The van der Waals surface area contributed by atoms with E-state index in [1.807, 2.05) is 42.5 Å². The van der Waals surface area contributed by atoms with Crippen LogP contribution < -0.4 is 20.7 Å². The number of benzene rings is 2. The van der Waals surface area contributed by atoms with Gasteiger partial charge in [0.25, 0.3) is 0 Å². The lowest BCUT2D eigenvalue weighted by molar-refractivity contribution is -0.120. The number of thioether (sulfide) groups is 1. The molecular weight excluding hydrogens is 360 g/mol. The number of carbonyl (C=O) groups excluding carboxylic acids is 1. The Labute approximate surface area is 164 Å². The summed E-state index contributed by atoms with van der Waals surface area (Å²) in [6.07, 6.45) is 0. The van der Waals surface area contributed by atoms with Gasteiger partial charge in [0.15, 0.2) is 5.96 Å². The van der Waals surface area contributed by atoms with Crippen LogP contribution in [0.25, 0.3) is 0 Å². The predicted octanol–water partition coefficient (Wildman–Crippen LogP) is 2.27. The molecule has 27 heavy (non-hydrogen) atoms. The van der Waals surface area contributed by atoms with Gasteiger partial charge in [-0.05, 0) is 29.8 Å². The van der Waals surface area contributed by atoms with Gasteiger partial charge in [0.2, 0.25) is 5.91 Å². The van der Waals surface area contributed by atoms with E-state index in [-0.39, 0.29) is 12.5 Å². The molecular formula is C20H26N4O2S. The van der Waals surface area contributed by atoms with Crippen LogP contribution in [-0.4, -0.2) is 44.9 Å². The lowest BCUT2D eigenvalue weighted by atomic mass is 10.2. The number of rotatable bonds is 9. The lowest BCUT2D eigenvalue weighted by Crippen LogP contribution is -2.43. The Morgan fingerprint density at radius 1 is 1.04 bits per heavy atom. The molecule has 2 rings (SSSR count). The number of nitrogens with zero attached hydrogens (tertiary/aromatic N) is 1. The van der Waals surface area contributed by atoms with E-state index >= 15 is 0 Å². The Kier molecular flexibility index (Phi) is 9.06. The highest BCUT2D eigenvalue weighted by Gasteiger charge is 2.04. The van der Waals surface area contributed by atoms with Gasteiger partial charge >= 0.3 is 0 Å². The average Bonchev–Trinajstić information content (AvgIpc) is 2.72. The summed E-state index contributed by atoms with van der Waals surface area (Å²) in [6.45, 7) is 1.40. The molecule has 0 fully saturated rings. The third-order valence-corrected chi connectivity index (χ3v) is 4.71. The molecule has 0 spiro atoms. The number of aliphatic imine (C=N–C) groups is 1. The molecule has 0 aliphatic rings. The molecule has 0 unspecified atom stereocenters. The Hall–Kier alpha value is -2.67. The third-order valence-electron chi connectivity index (χ3n) is 3.70. The molecule has 2 aromatic rings. The summed E-state index contributed by atoms with van der Waals surface area (Å²) in [4.78, 5) is 17.4. The SMILES string of the molecule is CN=C(NCCSc1ccccc1)NCC(=O)NCc1ccc(OC)cc1. The first-order valence-corrected chi connectivity index (χ1v) is 9.72. The minimum absolute atomic E-state index is 0.0903. The van der Waals surface area contributed by atoms with Crippen molar-refractivity contribution in [2.45, 2.75) is 11.4 Å². The Bertz CT molecular complexity index is 721. The summed E-state index contributed by atoms with van der Waals surface area (Å²) < 4.78 is 5.12. The van der Waals surface area contributed by atoms with Crippen LogP contribution in [-0.2, 0) is 11.3 Å². The number of hydrogen-bond acceptors (Lipinski definition) is 4. The fourth-order valence-corrected chi connectivity index (χ4v) is 3.04. The number of ether oxygens (including phenoxy) is 1. The van der Waals surface area contributed by atoms with Gasteiger partial charge in [-0.2, -0.15) is 0 Å². The van der Waals surface area contributed by atoms with Gasteiger partial charge < -0.3 is 20.7 Å². The molecule has 6 nitrogen and oxygen atoms in total. The van der Waals surface area contributed by atoms with Gasteiger partial charge in [0.1, 0.15) is 5.75 Å². The molecule has 3 N–H and O–H groups in total. The zero-order chi connectivity index (χ0) is 19.3. The van der Waals surface area contributed by atoms with Gasteiger partial charge in [0.05, 0.1) is 13.7 Å². The number of nitrogens with one attached hydrogen (secondary N) is 3. The molecule has 144 valence electrons. The van der Waals surface area contributed by atoms with Crippen molar-refractivity contribution in [2.24, 2.45) is 4.99 Å². The van der Waals surface area contributed by atoms with Crippen molar-refractivity contribution in [3.63, 3.8) is 0 Å². The zero-order valence-electron chi connectivity index (χ0n) is 15.7. The summed E-state index contributed by atoms with van der Waals surface area (Å²) in [5.74, 6) is 2.23. The monoisotopic (exact) mass is 386 g/mol. The Balaban J connectivity index is 1.61. The second-order valence-corrected chi connectivity index (χ2v) is 6.81. The molecule has 0 atom stereocenters. The molecule has 0 saturated heterocycles. The number of carbonyl (C=O) groups is 1. The van der Waals surface area contributed by atoms with E-state index < -0.39 is 0 Å². The van der Waals surface area contributed by atoms with Crippen molar-refractivity contribution >= 4 is 23.6 Å². The molecule has 7 heteroatoms. The summed E-state index contributed by atoms with van der Waals surface area (Å²) in [6, 6.07) is 17.8. The first-order valence-electron chi connectivity index (χ1n) is 8.73. The normalized spacial score (nSPS) is 11.0. The number of guanidine groups is 1. The van der Waals surface area contributed by atoms with Crippen LogP contribution in [0, 0.1) is 0 Å². The van der Waals surface area contributed by atoms with E-state index in [0.717, 1.165) is 23.6 Å². The van der Waals surface area contributed by atoms with E-state index in [0.29, 0.717) is 12.5 Å². The van der Waals surface area contributed by atoms with E-state index in [9.17, 15) is 4.79 Å². The van der Waals surface area contributed by atoms with Gasteiger partial charge in [0, 0.05) is 30.8 Å². The third kappa shape index (κ3) is 8.04. The van der Waals surface area contributed by atoms with Gasteiger partial charge in [-0.25, -0.2) is 0 Å². The minimum Gasteiger partial charge on any atom is -0.497 e. The second-order valence-electron chi connectivity index (χ2n) is 5.64. The standard InChI is InChI=1S/C20H26N4O2S/c1-21-20(22-12-13-27-18-6-4-3-5-7-18)24-15-19(25)23-14-16-8-10-17(26-2)11-9-16/h3-11H,12-15H2,1-2H3,(H,23,25)(H2,21,22,24). The number of methoxy groups -OCH3 is 1. The zero-order valence-corrected chi connectivity index (χ0v) is 16.5. The van der Waals surface area contributed by atoms with E-state index in [4.69, 9.17) is 4.74 Å². The molecule has 0 aliphatic carbocycles. The summed E-state index contributed by atoms with van der Waals surface area (Å²) in [5.41, 5.74) is 1.02. The highest BCUT2D eigenvalue weighted by atomic mass is 32.2. The maximum absolute atomic E-state index is 12.0. The topological polar surface area (TPSA) is 74.8 Å². The van der Waals surface area contributed by atoms with E-state index in [2.05, 4.69) is 33.1 Å². The Morgan fingerprint density at radius 2 is 1.78 bits per heavy atom. The summed E-state index contributed by atoms with van der Waals surface area (Å²) in [5, 5.41) is 9.10. The smallest absolute Gasteiger partial charge is 0.239 e. The first kappa shape index (κ1) is 20.6.